The number of hydrogen-bond donors (Lipinski definition) is 1. The number of hydrogen-bond acceptors (Lipinski definition) is 3. The summed E-state index contributed by atoms with van der Waals surface area (Å²) < 4.78 is 3.76. The lowest BCUT2D eigenvalue weighted by molar-refractivity contribution is 0.768. The third-order valence-electron chi connectivity index (χ3n) is 3.04. The van der Waals surface area contributed by atoms with E-state index in [2.05, 4.69) is 21.9 Å². The summed E-state index contributed by atoms with van der Waals surface area (Å²) in [6, 6.07) is 4.07. The number of aromatic nitrogens is 4. The zero-order valence-corrected chi connectivity index (χ0v) is 14.9. The molecule has 2 N–H and O–H groups in total. The molecule has 0 fully saturated rings. The maximum Gasteiger partial charge on any atom is 0.138 e. The Kier molecular flexibility index (Phi) is 8.73. The average molecular weight is 375 g/mol. The first kappa shape index (κ1) is 21.3. The van der Waals surface area contributed by atoms with Gasteiger partial charge in [-0.05, 0) is 23.6 Å². The van der Waals surface area contributed by atoms with Gasteiger partial charge in [-0.15, -0.1) is 37.2 Å². The molecule has 0 radical (unpaired) electrons. The molecule has 3 heterocycles. The number of nitrogens with two attached hydrogens (primary N) is 1. The smallest absolute Gasteiger partial charge is 0.138 e. The van der Waals surface area contributed by atoms with Crippen LogP contribution in [0.2, 0.25) is 0 Å². The Balaban J connectivity index is 0.00000161. The summed E-state index contributed by atoms with van der Waals surface area (Å²) in [5, 5.41) is 4.18. The number of pyridine rings is 1. The normalized spacial score (nSPS) is 9.13. The van der Waals surface area contributed by atoms with E-state index in [0.29, 0.717) is 13.0 Å². The predicted octanol–water partition coefficient (Wildman–Crippen LogP) is 2.70. The zero-order chi connectivity index (χ0) is 13.9. The van der Waals surface area contributed by atoms with Gasteiger partial charge in [0.25, 0.3) is 0 Å². The van der Waals surface area contributed by atoms with E-state index >= 15 is 0 Å². The van der Waals surface area contributed by atoms with Crippen molar-refractivity contribution in [3.8, 4) is 23.0 Å². The van der Waals surface area contributed by atoms with E-state index in [1.165, 1.54) is 0 Å². The van der Waals surface area contributed by atoms with Crippen LogP contribution >= 0.6 is 37.2 Å². The minimum absolute atomic E-state index is 0. The summed E-state index contributed by atoms with van der Waals surface area (Å²) in [6.45, 7) is 0.578. The summed E-state index contributed by atoms with van der Waals surface area (Å²) in [5.74, 6) is 6.12. The van der Waals surface area contributed by atoms with Crippen molar-refractivity contribution in [1.82, 2.24) is 19.2 Å². The molecule has 0 saturated carbocycles. The maximum absolute atomic E-state index is 5.43. The molecule has 0 aliphatic carbocycles. The van der Waals surface area contributed by atoms with Gasteiger partial charge in [0.2, 0.25) is 0 Å². The minimum Gasteiger partial charge on any atom is -0.330 e. The SMILES string of the molecule is Cl.Cl.Cl.Cn1cc(-c2ccn3c(C#CCCN)cnc3c2)cn1. The van der Waals surface area contributed by atoms with Gasteiger partial charge in [-0.3, -0.25) is 9.08 Å². The molecule has 23 heavy (non-hydrogen) atoms. The van der Waals surface area contributed by atoms with Gasteiger partial charge in [0.1, 0.15) is 11.3 Å². The van der Waals surface area contributed by atoms with Crippen LogP contribution < -0.4 is 5.73 Å². The van der Waals surface area contributed by atoms with Crippen LogP contribution in [0.3, 0.4) is 0 Å². The van der Waals surface area contributed by atoms with Gasteiger partial charge in [0.05, 0.1) is 12.4 Å². The highest BCUT2D eigenvalue weighted by atomic mass is 35.5. The van der Waals surface area contributed by atoms with E-state index in [-0.39, 0.29) is 37.2 Å². The Morgan fingerprint density at radius 1 is 1.17 bits per heavy atom. The van der Waals surface area contributed by atoms with Crippen LogP contribution in [0.4, 0.5) is 0 Å². The summed E-state index contributed by atoms with van der Waals surface area (Å²) in [4.78, 5) is 4.39. The lowest BCUT2D eigenvalue weighted by Gasteiger charge is -1.99. The molecule has 0 unspecified atom stereocenters. The highest BCUT2D eigenvalue weighted by Gasteiger charge is 2.05. The average Bonchev–Trinajstić information content (AvgIpc) is 3.05. The number of fused-ring (bicyclic) bond motifs is 1. The van der Waals surface area contributed by atoms with Crippen LogP contribution in [0, 0.1) is 11.8 Å². The van der Waals surface area contributed by atoms with E-state index in [0.717, 1.165) is 22.5 Å². The van der Waals surface area contributed by atoms with Crippen molar-refractivity contribution in [2.24, 2.45) is 12.8 Å². The van der Waals surface area contributed by atoms with E-state index < -0.39 is 0 Å². The molecule has 0 atom stereocenters. The fourth-order valence-corrected chi connectivity index (χ4v) is 2.05. The second kappa shape index (κ2) is 9.43. The number of aryl methyl sites for hydroxylation is 1. The van der Waals surface area contributed by atoms with Crippen LogP contribution in [0.25, 0.3) is 16.8 Å². The van der Waals surface area contributed by atoms with Crippen molar-refractivity contribution >= 4 is 42.9 Å². The number of halogens is 3. The standard InChI is InChI=1S/C15H15N5.3ClH/c1-19-11-13(9-18-19)12-5-7-20-14(4-2-3-6-16)10-17-15(20)8-12;;;/h5,7-11H,3,6,16H2,1H3;3*1H. The Bertz CT molecular complexity index is 813. The van der Waals surface area contributed by atoms with Crippen LogP contribution in [0.15, 0.2) is 36.9 Å². The Morgan fingerprint density at radius 3 is 2.61 bits per heavy atom. The van der Waals surface area contributed by atoms with Gasteiger partial charge < -0.3 is 5.73 Å². The van der Waals surface area contributed by atoms with Gasteiger partial charge >= 0.3 is 0 Å². The molecule has 0 saturated heterocycles. The highest BCUT2D eigenvalue weighted by Crippen LogP contribution is 2.20. The van der Waals surface area contributed by atoms with E-state index in [4.69, 9.17) is 5.73 Å². The molecule has 0 aliphatic rings. The molecule has 5 nitrogen and oxygen atoms in total. The molecule has 124 valence electrons. The molecule has 0 aromatic carbocycles. The highest BCUT2D eigenvalue weighted by molar-refractivity contribution is 5.86. The molecule has 0 bridgehead atoms. The van der Waals surface area contributed by atoms with Gasteiger partial charge in [-0.25, -0.2) is 4.98 Å². The second-order valence-corrected chi connectivity index (χ2v) is 4.53. The van der Waals surface area contributed by atoms with E-state index in [1.807, 2.05) is 42.2 Å². The number of imidazole rings is 1. The molecular weight excluding hydrogens is 357 g/mol. The molecule has 3 rings (SSSR count). The quantitative estimate of drug-likeness (QED) is 0.702. The van der Waals surface area contributed by atoms with Gasteiger partial charge in [0.15, 0.2) is 0 Å². The molecule has 0 spiro atoms. The number of rotatable bonds is 2. The molecule has 0 amide bonds. The lowest BCUT2D eigenvalue weighted by Crippen LogP contribution is -1.95. The monoisotopic (exact) mass is 373 g/mol. The van der Waals surface area contributed by atoms with E-state index in [9.17, 15) is 0 Å². The summed E-state index contributed by atoms with van der Waals surface area (Å²) in [6.07, 6.45) is 8.29. The summed E-state index contributed by atoms with van der Waals surface area (Å²) in [5.41, 5.74) is 9.37. The van der Waals surface area contributed by atoms with Crippen molar-refractivity contribution in [2.75, 3.05) is 6.54 Å². The predicted molar refractivity (Wildman–Crippen MR) is 99.7 cm³/mol. The van der Waals surface area contributed by atoms with Crippen molar-refractivity contribution in [3.63, 3.8) is 0 Å². The molecular formula is C15H18Cl3N5. The third kappa shape index (κ3) is 4.63. The van der Waals surface area contributed by atoms with E-state index in [1.54, 1.807) is 10.9 Å². The first-order chi connectivity index (χ1) is 9.78. The van der Waals surface area contributed by atoms with Crippen molar-refractivity contribution in [3.05, 3.63) is 42.6 Å². The Labute approximate surface area is 153 Å². The Hall–Kier alpha value is -1.71. The molecule has 8 heteroatoms. The fourth-order valence-electron chi connectivity index (χ4n) is 2.05. The first-order valence-corrected chi connectivity index (χ1v) is 6.43. The van der Waals surface area contributed by atoms with Crippen LogP contribution in [0.1, 0.15) is 12.1 Å². The summed E-state index contributed by atoms with van der Waals surface area (Å²) >= 11 is 0. The van der Waals surface area contributed by atoms with Gasteiger partial charge in [-0.1, -0.05) is 5.92 Å². The Morgan fingerprint density at radius 2 is 1.96 bits per heavy atom. The van der Waals surface area contributed by atoms with Crippen LogP contribution in [-0.4, -0.2) is 25.7 Å². The van der Waals surface area contributed by atoms with Crippen molar-refractivity contribution in [2.45, 2.75) is 6.42 Å². The minimum atomic E-state index is 0. The molecule has 3 aromatic rings. The van der Waals surface area contributed by atoms with Crippen molar-refractivity contribution < 1.29 is 0 Å². The third-order valence-corrected chi connectivity index (χ3v) is 3.04. The molecule has 3 aromatic heterocycles. The second-order valence-electron chi connectivity index (χ2n) is 4.53. The number of nitrogens with zero attached hydrogens (tertiary/aromatic N) is 4. The lowest BCUT2D eigenvalue weighted by atomic mass is 10.1. The van der Waals surface area contributed by atoms with Gasteiger partial charge in [0, 0.05) is 38.0 Å². The fraction of sp³-hybridized carbons (Fsp3) is 0.200. The summed E-state index contributed by atoms with van der Waals surface area (Å²) in [7, 11) is 1.91. The largest absolute Gasteiger partial charge is 0.330 e. The van der Waals surface area contributed by atoms with Gasteiger partial charge in [-0.2, -0.15) is 5.10 Å². The zero-order valence-electron chi connectivity index (χ0n) is 12.5. The first-order valence-electron chi connectivity index (χ1n) is 6.43. The molecule has 0 aliphatic heterocycles. The van der Waals surface area contributed by atoms with Crippen molar-refractivity contribution in [1.29, 1.82) is 0 Å². The maximum atomic E-state index is 5.43. The topological polar surface area (TPSA) is 61.1 Å². The van der Waals surface area contributed by atoms with Crippen LogP contribution in [0.5, 0.6) is 0 Å². The van der Waals surface area contributed by atoms with Crippen LogP contribution in [-0.2, 0) is 7.05 Å².